The number of carbonyl (C=O) groups is 1. The first-order valence-electron chi connectivity index (χ1n) is 8.19. The average Bonchev–Trinajstić information content (AvgIpc) is 2.71. The number of aliphatic hydroxyl groups excluding tert-OH is 1. The first kappa shape index (κ1) is 20.3. The van der Waals surface area contributed by atoms with E-state index in [9.17, 15) is 9.90 Å². The molecule has 0 radical (unpaired) electrons. The van der Waals surface area contributed by atoms with Crippen LogP contribution in [0.2, 0.25) is 6.04 Å². The Bertz CT molecular complexity index is 677. The number of hydrogen-bond acceptors (Lipinski definition) is 6. The highest BCUT2D eigenvalue weighted by molar-refractivity contribution is 6.60. The third-order valence-electron chi connectivity index (χ3n) is 4.01. The molecule has 0 fully saturated rings. The molecule has 0 aliphatic heterocycles. The quantitative estimate of drug-likeness (QED) is 0.507. The SMILES string of the molecule is CO[Si](CC(O)COc1ccc(C(=O)c2ccccc2)cc1)(OC)OC. The predicted octanol–water partition coefficient (Wildman–Crippen LogP) is 2.54. The minimum absolute atomic E-state index is 0.0479. The zero-order valence-corrected chi connectivity index (χ0v) is 16.2. The lowest BCUT2D eigenvalue weighted by atomic mass is 10.0. The Hall–Kier alpha value is -2.03. The molecule has 26 heavy (non-hydrogen) atoms. The minimum atomic E-state index is -2.85. The first-order valence-corrected chi connectivity index (χ1v) is 10.1. The van der Waals surface area contributed by atoms with Gasteiger partial charge in [0.05, 0.1) is 6.10 Å². The van der Waals surface area contributed by atoms with Gasteiger partial charge < -0.3 is 23.1 Å². The molecule has 2 rings (SSSR count). The van der Waals surface area contributed by atoms with Crippen LogP contribution >= 0.6 is 0 Å². The summed E-state index contributed by atoms with van der Waals surface area (Å²) in [5.41, 5.74) is 1.21. The van der Waals surface area contributed by atoms with Crippen molar-refractivity contribution in [3.05, 3.63) is 65.7 Å². The molecule has 0 saturated carbocycles. The summed E-state index contributed by atoms with van der Waals surface area (Å²) < 4.78 is 21.4. The molecule has 0 spiro atoms. The summed E-state index contributed by atoms with van der Waals surface area (Å²) in [5.74, 6) is 0.515. The van der Waals surface area contributed by atoms with Gasteiger partial charge in [0.1, 0.15) is 12.4 Å². The lowest BCUT2D eigenvalue weighted by Crippen LogP contribution is -2.46. The molecular formula is C19H24O6Si. The lowest BCUT2D eigenvalue weighted by Gasteiger charge is -2.26. The maximum atomic E-state index is 12.4. The zero-order chi connectivity index (χ0) is 19.0. The van der Waals surface area contributed by atoms with Crippen molar-refractivity contribution in [2.24, 2.45) is 0 Å². The van der Waals surface area contributed by atoms with Gasteiger partial charge in [0.2, 0.25) is 0 Å². The Morgan fingerprint density at radius 2 is 1.46 bits per heavy atom. The van der Waals surface area contributed by atoms with Crippen LogP contribution in [0.4, 0.5) is 0 Å². The van der Waals surface area contributed by atoms with Crippen molar-refractivity contribution >= 4 is 14.6 Å². The number of aliphatic hydroxyl groups is 1. The Balaban J connectivity index is 1.92. The molecule has 1 N–H and O–H groups in total. The van der Waals surface area contributed by atoms with Crippen molar-refractivity contribution in [1.82, 2.24) is 0 Å². The van der Waals surface area contributed by atoms with Gasteiger partial charge in [-0.15, -0.1) is 0 Å². The summed E-state index contributed by atoms with van der Waals surface area (Å²) in [5, 5.41) is 10.1. The van der Waals surface area contributed by atoms with Gasteiger partial charge in [-0.3, -0.25) is 4.79 Å². The van der Waals surface area contributed by atoms with Gasteiger partial charge in [0.15, 0.2) is 5.78 Å². The summed E-state index contributed by atoms with van der Waals surface area (Å²) >= 11 is 0. The molecule has 1 atom stereocenters. The molecule has 0 aliphatic carbocycles. The highest BCUT2D eigenvalue weighted by atomic mass is 28.4. The summed E-state index contributed by atoms with van der Waals surface area (Å²) in [7, 11) is 1.63. The van der Waals surface area contributed by atoms with Crippen LogP contribution in [-0.4, -0.2) is 53.7 Å². The molecule has 0 saturated heterocycles. The predicted molar refractivity (Wildman–Crippen MR) is 99.4 cm³/mol. The van der Waals surface area contributed by atoms with Gasteiger partial charge in [-0.1, -0.05) is 30.3 Å². The number of benzene rings is 2. The number of ketones is 1. The summed E-state index contributed by atoms with van der Waals surface area (Å²) in [4.78, 5) is 12.4. The molecule has 1 unspecified atom stereocenters. The van der Waals surface area contributed by atoms with E-state index < -0.39 is 14.9 Å². The molecule has 0 aliphatic rings. The fourth-order valence-corrected chi connectivity index (χ4v) is 4.19. The van der Waals surface area contributed by atoms with Gasteiger partial charge in [-0.25, -0.2) is 0 Å². The van der Waals surface area contributed by atoms with Gasteiger partial charge in [0.25, 0.3) is 0 Å². The van der Waals surface area contributed by atoms with E-state index in [2.05, 4.69) is 0 Å². The van der Waals surface area contributed by atoms with Crippen LogP contribution in [0.1, 0.15) is 15.9 Å². The Kier molecular flexibility index (Phi) is 7.49. The van der Waals surface area contributed by atoms with Crippen LogP contribution in [-0.2, 0) is 13.3 Å². The summed E-state index contributed by atoms with van der Waals surface area (Å²) in [6.45, 7) is 0.0663. The molecule has 0 bridgehead atoms. The van der Waals surface area contributed by atoms with Crippen molar-refractivity contribution < 1.29 is 27.9 Å². The average molecular weight is 376 g/mol. The van der Waals surface area contributed by atoms with E-state index in [1.165, 1.54) is 21.3 Å². The third kappa shape index (κ3) is 5.23. The smallest absolute Gasteiger partial charge is 0.491 e. The van der Waals surface area contributed by atoms with E-state index in [0.717, 1.165) is 0 Å². The second kappa shape index (κ2) is 9.61. The minimum Gasteiger partial charge on any atom is -0.491 e. The number of rotatable bonds is 10. The van der Waals surface area contributed by atoms with Crippen LogP contribution in [0.3, 0.4) is 0 Å². The van der Waals surface area contributed by atoms with Gasteiger partial charge >= 0.3 is 8.80 Å². The van der Waals surface area contributed by atoms with E-state index in [4.69, 9.17) is 18.0 Å². The Morgan fingerprint density at radius 3 is 2.00 bits per heavy atom. The monoisotopic (exact) mass is 376 g/mol. The standard InChI is InChI=1S/C19H24O6Si/c1-22-26(23-2,24-3)14-17(20)13-25-18-11-9-16(10-12-18)19(21)15-7-5-4-6-8-15/h4-12,17,20H,13-14H2,1-3H3. The molecular weight excluding hydrogens is 352 g/mol. The normalized spacial score (nSPS) is 12.6. The molecule has 2 aromatic rings. The number of carbonyl (C=O) groups excluding carboxylic acids is 1. The van der Waals surface area contributed by atoms with Crippen LogP contribution < -0.4 is 4.74 Å². The van der Waals surface area contributed by atoms with Crippen LogP contribution in [0.25, 0.3) is 0 Å². The molecule has 0 heterocycles. The van der Waals surface area contributed by atoms with Gasteiger partial charge in [-0.2, -0.15) is 0 Å². The second-order valence-corrected chi connectivity index (χ2v) is 8.68. The van der Waals surface area contributed by atoms with Crippen LogP contribution in [0.5, 0.6) is 5.75 Å². The molecule has 140 valence electrons. The van der Waals surface area contributed by atoms with Crippen LogP contribution in [0.15, 0.2) is 54.6 Å². The van der Waals surface area contributed by atoms with Gasteiger partial charge in [0, 0.05) is 38.5 Å². The van der Waals surface area contributed by atoms with Crippen molar-refractivity contribution in [2.45, 2.75) is 12.1 Å². The van der Waals surface area contributed by atoms with Crippen molar-refractivity contribution in [3.8, 4) is 5.75 Å². The van der Waals surface area contributed by atoms with Crippen molar-refractivity contribution in [1.29, 1.82) is 0 Å². The van der Waals surface area contributed by atoms with E-state index in [1.54, 1.807) is 36.4 Å². The summed E-state index contributed by atoms with van der Waals surface area (Å²) in [6.07, 6.45) is -0.799. The van der Waals surface area contributed by atoms with Crippen LogP contribution in [0, 0.1) is 0 Å². The highest BCUT2D eigenvalue weighted by Gasteiger charge is 2.40. The second-order valence-electron chi connectivity index (χ2n) is 5.68. The van der Waals surface area contributed by atoms with Gasteiger partial charge in [-0.05, 0) is 24.3 Å². The highest BCUT2D eigenvalue weighted by Crippen LogP contribution is 2.18. The molecule has 0 amide bonds. The molecule has 2 aromatic carbocycles. The summed E-state index contributed by atoms with van der Waals surface area (Å²) in [6, 6.07) is 16.1. The van der Waals surface area contributed by atoms with Crippen molar-refractivity contribution in [2.75, 3.05) is 27.9 Å². The van der Waals surface area contributed by atoms with E-state index in [0.29, 0.717) is 16.9 Å². The van der Waals surface area contributed by atoms with Crippen molar-refractivity contribution in [3.63, 3.8) is 0 Å². The molecule has 0 aromatic heterocycles. The number of ether oxygens (including phenoxy) is 1. The Morgan fingerprint density at radius 1 is 0.923 bits per heavy atom. The number of hydrogen-bond donors (Lipinski definition) is 1. The lowest BCUT2D eigenvalue weighted by molar-refractivity contribution is 0.0755. The Labute approximate surface area is 154 Å². The zero-order valence-electron chi connectivity index (χ0n) is 15.2. The largest absolute Gasteiger partial charge is 0.502 e. The maximum Gasteiger partial charge on any atom is 0.502 e. The fraction of sp³-hybridized carbons (Fsp3) is 0.316. The van der Waals surface area contributed by atoms with E-state index >= 15 is 0 Å². The molecule has 7 heteroatoms. The maximum absolute atomic E-state index is 12.4. The molecule has 6 nitrogen and oxygen atoms in total. The topological polar surface area (TPSA) is 74.2 Å². The third-order valence-corrected chi connectivity index (χ3v) is 6.85. The van der Waals surface area contributed by atoms with E-state index in [1.807, 2.05) is 18.2 Å². The first-order chi connectivity index (χ1) is 12.5. The van der Waals surface area contributed by atoms with E-state index in [-0.39, 0.29) is 18.4 Å². The fourth-order valence-electron chi connectivity index (χ4n) is 2.50.